The normalized spacial score (nSPS) is 12.5. The van der Waals surface area contributed by atoms with Gasteiger partial charge in [0.15, 0.2) is 5.82 Å². The lowest BCUT2D eigenvalue weighted by Gasteiger charge is -2.05. The molecule has 0 aliphatic rings. The van der Waals surface area contributed by atoms with Crippen LogP contribution in [-0.4, -0.2) is 15.1 Å². The summed E-state index contributed by atoms with van der Waals surface area (Å²) in [4.78, 5) is 7.89. The van der Waals surface area contributed by atoms with Crippen molar-refractivity contribution in [2.24, 2.45) is 0 Å². The average molecular weight is 317 g/mol. The number of hydrogen-bond acceptors (Lipinski definition) is 3. The van der Waals surface area contributed by atoms with E-state index in [1.165, 1.54) is 16.5 Å². The molecule has 0 bridgehead atoms. The van der Waals surface area contributed by atoms with Gasteiger partial charge in [0.05, 0.1) is 0 Å². The summed E-state index contributed by atoms with van der Waals surface area (Å²) in [7, 11) is 0. The molecule has 1 N–H and O–H groups in total. The molecular weight excluding hydrogens is 298 g/mol. The summed E-state index contributed by atoms with van der Waals surface area (Å²) in [5, 5.41) is 5.39. The molecule has 4 aromatic rings. The van der Waals surface area contributed by atoms with E-state index in [9.17, 15) is 0 Å². The van der Waals surface area contributed by atoms with Crippen LogP contribution in [0.25, 0.3) is 10.9 Å². The zero-order valence-electron chi connectivity index (χ0n) is 13.6. The van der Waals surface area contributed by atoms with E-state index in [1.54, 1.807) is 0 Å². The van der Waals surface area contributed by atoms with E-state index in [0.29, 0.717) is 12.3 Å². The summed E-state index contributed by atoms with van der Waals surface area (Å²) < 4.78 is 5.49. The molecule has 4 heteroatoms. The van der Waals surface area contributed by atoms with Gasteiger partial charge in [-0.3, -0.25) is 0 Å². The Labute approximate surface area is 140 Å². The molecular formula is C20H19N3O. The van der Waals surface area contributed by atoms with E-state index in [0.717, 1.165) is 17.8 Å². The summed E-state index contributed by atoms with van der Waals surface area (Å²) in [6.07, 6.45) is 3.64. The van der Waals surface area contributed by atoms with Crippen molar-refractivity contribution in [2.75, 3.05) is 0 Å². The molecule has 2 aromatic carbocycles. The minimum Gasteiger partial charge on any atom is -0.361 e. The molecule has 2 heterocycles. The number of para-hydroxylation sites is 1. The van der Waals surface area contributed by atoms with Gasteiger partial charge in [0.1, 0.15) is 0 Å². The Morgan fingerprint density at radius 3 is 2.71 bits per heavy atom. The van der Waals surface area contributed by atoms with Gasteiger partial charge in [-0.2, -0.15) is 4.98 Å². The van der Waals surface area contributed by atoms with Gasteiger partial charge in [0, 0.05) is 29.4 Å². The van der Waals surface area contributed by atoms with Gasteiger partial charge in [-0.05, 0) is 23.6 Å². The van der Waals surface area contributed by atoms with Crippen molar-refractivity contribution in [1.29, 1.82) is 0 Å². The number of nitrogens with zero attached hydrogens (tertiary/aromatic N) is 2. The number of hydrogen-bond donors (Lipinski definition) is 1. The quantitative estimate of drug-likeness (QED) is 0.590. The standard InChI is InChI=1S/C20H19N3O/c1-14(11-16-13-21-18-10-6-5-9-17(16)18)20-22-19(23-24-20)12-15-7-3-2-4-8-15/h2-10,13-14,21H,11-12H2,1H3/t14-/m0/s1. The molecule has 0 unspecified atom stereocenters. The Morgan fingerprint density at radius 1 is 1.04 bits per heavy atom. The molecule has 120 valence electrons. The number of rotatable bonds is 5. The van der Waals surface area contributed by atoms with Crippen molar-refractivity contribution in [3.05, 3.63) is 83.6 Å². The Kier molecular flexibility index (Phi) is 3.87. The van der Waals surface area contributed by atoms with Crippen molar-refractivity contribution in [3.8, 4) is 0 Å². The van der Waals surface area contributed by atoms with Crippen LogP contribution in [0.2, 0.25) is 0 Å². The predicted molar refractivity (Wildman–Crippen MR) is 94.0 cm³/mol. The fourth-order valence-corrected chi connectivity index (χ4v) is 3.04. The highest BCUT2D eigenvalue weighted by Crippen LogP contribution is 2.25. The Hall–Kier alpha value is -2.88. The van der Waals surface area contributed by atoms with Crippen LogP contribution in [0, 0.1) is 0 Å². The number of nitrogens with one attached hydrogen (secondary N) is 1. The molecule has 4 nitrogen and oxygen atoms in total. The van der Waals surface area contributed by atoms with Crippen LogP contribution >= 0.6 is 0 Å². The van der Waals surface area contributed by atoms with E-state index >= 15 is 0 Å². The Bertz CT molecular complexity index is 940. The minimum absolute atomic E-state index is 0.182. The maximum atomic E-state index is 5.49. The fourth-order valence-electron chi connectivity index (χ4n) is 3.04. The first kappa shape index (κ1) is 14.7. The molecule has 0 amide bonds. The van der Waals surface area contributed by atoms with Crippen LogP contribution in [0.5, 0.6) is 0 Å². The van der Waals surface area contributed by atoms with E-state index in [2.05, 4.69) is 58.6 Å². The van der Waals surface area contributed by atoms with Crippen molar-refractivity contribution in [3.63, 3.8) is 0 Å². The van der Waals surface area contributed by atoms with E-state index < -0.39 is 0 Å². The zero-order valence-corrected chi connectivity index (χ0v) is 13.6. The molecule has 0 fully saturated rings. The molecule has 0 aliphatic carbocycles. The van der Waals surface area contributed by atoms with Gasteiger partial charge in [0.2, 0.25) is 5.89 Å². The smallest absolute Gasteiger partial charge is 0.229 e. The third-order valence-corrected chi connectivity index (χ3v) is 4.31. The van der Waals surface area contributed by atoms with Gasteiger partial charge >= 0.3 is 0 Å². The van der Waals surface area contributed by atoms with Crippen LogP contribution in [0.1, 0.15) is 35.7 Å². The average Bonchev–Trinajstić information content (AvgIpc) is 3.24. The van der Waals surface area contributed by atoms with Crippen molar-refractivity contribution in [2.45, 2.75) is 25.7 Å². The molecule has 0 spiro atoms. The lowest BCUT2D eigenvalue weighted by molar-refractivity contribution is 0.355. The van der Waals surface area contributed by atoms with Gasteiger partial charge in [-0.15, -0.1) is 0 Å². The lowest BCUT2D eigenvalue weighted by atomic mass is 10.0. The molecule has 0 saturated carbocycles. The summed E-state index contributed by atoms with van der Waals surface area (Å²) in [5.41, 5.74) is 3.63. The van der Waals surface area contributed by atoms with Crippen LogP contribution in [0.4, 0.5) is 0 Å². The molecule has 0 radical (unpaired) electrons. The molecule has 0 saturated heterocycles. The predicted octanol–water partition coefficient (Wildman–Crippen LogP) is 4.49. The SMILES string of the molecule is C[C@@H](Cc1c[nH]c2ccccc12)c1nc(Cc2ccccc2)no1. The number of benzene rings is 2. The largest absolute Gasteiger partial charge is 0.361 e. The maximum absolute atomic E-state index is 5.49. The van der Waals surface area contributed by atoms with Crippen molar-refractivity contribution < 1.29 is 4.52 Å². The van der Waals surface area contributed by atoms with Crippen LogP contribution in [-0.2, 0) is 12.8 Å². The first-order valence-electron chi connectivity index (χ1n) is 8.21. The third kappa shape index (κ3) is 2.95. The van der Waals surface area contributed by atoms with E-state index in [-0.39, 0.29) is 5.92 Å². The van der Waals surface area contributed by atoms with Gasteiger partial charge in [0.25, 0.3) is 0 Å². The zero-order chi connectivity index (χ0) is 16.4. The third-order valence-electron chi connectivity index (χ3n) is 4.31. The van der Waals surface area contributed by atoms with Crippen molar-refractivity contribution in [1.82, 2.24) is 15.1 Å². The number of fused-ring (bicyclic) bond motifs is 1. The van der Waals surface area contributed by atoms with Crippen LogP contribution < -0.4 is 0 Å². The summed E-state index contributed by atoms with van der Waals surface area (Å²) in [6.45, 7) is 2.13. The second-order valence-electron chi connectivity index (χ2n) is 6.18. The summed E-state index contributed by atoms with van der Waals surface area (Å²) >= 11 is 0. The molecule has 24 heavy (non-hydrogen) atoms. The second-order valence-corrected chi connectivity index (χ2v) is 6.18. The first-order valence-corrected chi connectivity index (χ1v) is 8.21. The maximum Gasteiger partial charge on any atom is 0.229 e. The first-order chi connectivity index (χ1) is 11.8. The summed E-state index contributed by atoms with van der Waals surface area (Å²) in [5.74, 6) is 1.62. The molecule has 0 aliphatic heterocycles. The van der Waals surface area contributed by atoms with Gasteiger partial charge in [-0.25, -0.2) is 0 Å². The van der Waals surface area contributed by atoms with Crippen molar-refractivity contribution >= 4 is 10.9 Å². The van der Waals surface area contributed by atoms with Crippen LogP contribution in [0.15, 0.2) is 65.3 Å². The topological polar surface area (TPSA) is 54.7 Å². The minimum atomic E-state index is 0.182. The highest BCUT2D eigenvalue weighted by Gasteiger charge is 2.17. The number of H-pyrrole nitrogens is 1. The monoisotopic (exact) mass is 317 g/mol. The molecule has 1 atom stereocenters. The Balaban J connectivity index is 1.50. The fraction of sp³-hybridized carbons (Fsp3) is 0.200. The van der Waals surface area contributed by atoms with Gasteiger partial charge < -0.3 is 9.51 Å². The summed E-state index contributed by atoms with van der Waals surface area (Å²) in [6, 6.07) is 18.5. The van der Waals surface area contributed by atoms with E-state index in [1.807, 2.05) is 24.3 Å². The second kappa shape index (κ2) is 6.32. The highest BCUT2D eigenvalue weighted by molar-refractivity contribution is 5.83. The number of aromatic amines is 1. The Morgan fingerprint density at radius 2 is 1.83 bits per heavy atom. The van der Waals surface area contributed by atoms with Crippen LogP contribution in [0.3, 0.4) is 0 Å². The number of aromatic nitrogens is 3. The highest BCUT2D eigenvalue weighted by atomic mass is 16.5. The molecule has 4 rings (SSSR count). The molecule has 2 aromatic heterocycles. The van der Waals surface area contributed by atoms with Gasteiger partial charge in [-0.1, -0.05) is 60.6 Å². The lowest BCUT2D eigenvalue weighted by Crippen LogP contribution is -1.99. The van der Waals surface area contributed by atoms with E-state index in [4.69, 9.17) is 4.52 Å².